The number of benzene rings is 4. The van der Waals surface area contributed by atoms with E-state index in [2.05, 4.69) is 0 Å². The molecule has 4 rings (SSSR count). The van der Waals surface area contributed by atoms with Gasteiger partial charge in [-0.1, -0.05) is 62.4 Å². The Hall–Kier alpha value is -3.40. The van der Waals surface area contributed by atoms with Crippen molar-refractivity contribution in [3.8, 4) is 23.0 Å². The lowest BCUT2D eigenvalue weighted by Crippen LogP contribution is -2.20. The van der Waals surface area contributed by atoms with Gasteiger partial charge in [0.25, 0.3) is 0 Å². The Bertz CT molecular complexity index is 1100. The van der Waals surface area contributed by atoms with E-state index in [1.807, 2.05) is 62.4 Å². The van der Waals surface area contributed by atoms with Gasteiger partial charge in [-0.05, 0) is 33.7 Å². The monoisotopic (exact) mass is 360 g/mol. The van der Waals surface area contributed by atoms with Crippen LogP contribution in [0.2, 0.25) is 0 Å². The lowest BCUT2D eigenvalue weighted by atomic mass is 9.73. The molecule has 0 radical (unpaired) electrons. The third-order valence-corrected chi connectivity index (χ3v) is 5.25. The van der Waals surface area contributed by atoms with Gasteiger partial charge >= 0.3 is 0 Å². The molecule has 4 N–H and O–H groups in total. The number of rotatable bonds is 2. The molecule has 0 atom stereocenters. The zero-order chi connectivity index (χ0) is 19.3. The molecule has 0 heterocycles. The van der Waals surface area contributed by atoms with E-state index >= 15 is 0 Å². The van der Waals surface area contributed by atoms with E-state index in [1.165, 1.54) is 12.1 Å². The lowest BCUT2D eigenvalue weighted by Gasteiger charge is -2.31. The molecule has 0 saturated carbocycles. The van der Waals surface area contributed by atoms with Crippen LogP contribution in [0, 0.1) is 0 Å². The van der Waals surface area contributed by atoms with E-state index < -0.39 is 5.41 Å². The average Bonchev–Trinajstić information content (AvgIpc) is 2.63. The molecule has 4 heteroatoms. The Morgan fingerprint density at radius 1 is 0.593 bits per heavy atom. The highest BCUT2D eigenvalue weighted by Crippen LogP contribution is 2.51. The molecule has 0 aromatic heterocycles. The van der Waals surface area contributed by atoms with E-state index in [9.17, 15) is 20.4 Å². The van der Waals surface area contributed by atoms with Crippen molar-refractivity contribution in [2.24, 2.45) is 0 Å². The summed E-state index contributed by atoms with van der Waals surface area (Å²) in [4.78, 5) is 0. The maximum atomic E-state index is 10.7. The summed E-state index contributed by atoms with van der Waals surface area (Å²) in [6.45, 7) is 3.71. The van der Waals surface area contributed by atoms with Crippen LogP contribution >= 0.6 is 0 Å². The number of hydrogen-bond donors (Lipinski definition) is 4. The minimum atomic E-state index is -0.912. The van der Waals surface area contributed by atoms with Crippen LogP contribution in [0.1, 0.15) is 25.0 Å². The van der Waals surface area contributed by atoms with Crippen molar-refractivity contribution < 1.29 is 20.4 Å². The number of hydrogen-bond acceptors (Lipinski definition) is 4. The molecule has 4 nitrogen and oxygen atoms in total. The zero-order valence-electron chi connectivity index (χ0n) is 15.1. The molecule has 0 aliphatic carbocycles. The molecule has 0 aliphatic heterocycles. The fourth-order valence-electron chi connectivity index (χ4n) is 4.03. The van der Waals surface area contributed by atoms with E-state index in [1.54, 1.807) is 0 Å². The van der Waals surface area contributed by atoms with Gasteiger partial charge in [0.2, 0.25) is 0 Å². The van der Waals surface area contributed by atoms with Crippen molar-refractivity contribution >= 4 is 21.5 Å². The Morgan fingerprint density at radius 3 is 1.37 bits per heavy atom. The van der Waals surface area contributed by atoms with Crippen molar-refractivity contribution in [3.05, 3.63) is 71.8 Å². The summed E-state index contributed by atoms with van der Waals surface area (Å²) < 4.78 is 0. The first kappa shape index (κ1) is 17.0. The Balaban J connectivity index is 2.16. The summed E-state index contributed by atoms with van der Waals surface area (Å²) in [5.41, 5.74) is 0.0681. The summed E-state index contributed by atoms with van der Waals surface area (Å²) in [6.07, 6.45) is 0. The highest BCUT2D eigenvalue weighted by Gasteiger charge is 2.34. The van der Waals surface area contributed by atoms with E-state index in [0.717, 1.165) is 21.5 Å². The third kappa shape index (κ3) is 2.45. The molecule has 0 saturated heterocycles. The molecule has 4 aromatic rings. The van der Waals surface area contributed by atoms with Gasteiger partial charge in [-0.15, -0.1) is 0 Å². The highest BCUT2D eigenvalue weighted by molar-refractivity contribution is 5.95. The van der Waals surface area contributed by atoms with Crippen molar-refractivity contribution in [3.63, 3.8) is 0 Å². The first-order valence-corrected chi connectivity index (χ1v) is 8.70. The molecule has 0 amide bonds. The van der Waals surface area contributed by atoms with Gasteiger partial charge in [0.15, 0.2) is 23.0 Å². The van der Waals surface area contributed by atoms with Crippen LogP contribution in [0.15, 0.2) is 60.7 Å². The lowest BCUT2D eigenvalue weighted by molar-refractivity contribution is 0.383. The molecular weight excluding hydrogens is 340 g/mol. The largest absolute Gasteiger partial charge is 0.504 e. The summed E-state index contributed by atoms with van der Waals surface area (Å²) in [6, 6.07) is 17.9. The Labute approximate surface area is 156 Å². The van der Waals surface area contributed by atoms with Crippen LogP contribution in [0.25, 0.3) is 21.5 Å². The molecule has 0 spiro atoms. The second-order valence-corrected chi connectivity index (χ2v) is 7.31. The number of phenolic OH excluding ortho intramolecular Hbond substituents is 4. The van der Waals surface area contributed by atoms with Crippen LogP contribution in [0.3, 0.4) is 0 Å². The van der Waals surface area contributed by atoms with E-state index in [-0.39, 0.29) is 23.0 Å². The maximum absolute atomic E-state index is 10.7. The maximum Gasteiger partial charge on any atom is 0.162 e. The highest BCUT2D eigenvalue weighted by atomic mass is 16.3. The van der Waals surface area contributed by atoms with Crippen LogP contribution in [0.4, 0.5) is 0 Å². The second-order valence-electron chi connectivity index (χ2n) is 7.31. The molecule has 136 valence electrons. The summed E-state index contributed by atoms with van der Waals surface area (Å²) >= 11 is 0. The second kappa shape index (κ2) is 5.81. The standard InChI is InChI=1S/C23H20O4/c1-23(2,19-15-9-5-3-7-13(15)11-17(24)21(19)26)20-16-10-6-4-8-14(16)12-18(25)22(20)27/h3-12,24-27H,1-2H3. The van der Waals surface area contributed by atoms with E-state index in [4.69, 9.17) is 0 Å². The molecule has 0 aliphatic rings. The Kier molecular flexibility index (Phi) is 3.67. The predicted molar refractivity (Wildman–Crippen MR) is 107 cm³/mol. The average molecular weight is 360 g/mol. The van der Waals surface area contributed by atoms with E-state index in [0.29, 0.717) is 11.1 Å². The Morgan fingerprint density at radius 2 is 0.963 bits per heavy atom. The van der Waals surface area contributed by atoms with Crippen LogP contribution < -0.4 is 0 Å². The zero-order valence-corrected chi connectivity index (χ0v) is 15.1. The summed E-state index contributed by atoms with van der Waals surface area (Å²) in [7, 11) is 0. The predicted octanol–water partition coefficient (Wildman–Crippen LogP) is 5.14. The third-order valence-electron chi connectivity index (χ3n) is 5.25. The molecule has 0 fully saturated rings. The van der Waals surface area contributed by atoms with Crippen LogP contribution in [-0.2, 0) is 5.41 Å². The molecule has 4 aromatic carbocycles. The SMILES string of the molecule is CC(C)(c1c(O)c(O)cc2ccccc12)c1c(O)c(O)cc2ccccc12. The van der Waals surface area contributed by atoms with Gasteiger partial charge in [-0.3, -0.25) is 0 Å². The van der Waals surface area contributed by atoms with Crippen LogP contribution in [0.5, 0.6) is 23.0 Å². The first-order chi connectivity index (χ1) is 12.8. The summed E-state index contributed by atoms with van der Waals surface area (Å²) in [5, 5.41) is 45.1. The summed E-state index contributed by atoms with van der Waals surface area (Å²) in [5.74, 6) is -0.905. The van der Waals surface area contributed by atoms with Gasteiger partial charge < -0.3 is 20.4 Å². The van der Waals surface area contributed by atoms with Gasteiger partial charge in [0.1, 0.15) is 0 Å². The van der Waals surface area contributed by atoms with Crippen molar-refractivity contribution in [2.45, 2.75) is 19.3 Å². The van der Waals surface area contributed by atoms with Crippen molar-refractivity contribution in [1.82, 2.24) is 0 Å². The molecule has 0 bridgehead atoms. The topological polar surface area (TPSA) is 80.9 Å². The van der Waals surface area contributed by atoms with Gasteiger partial charge in [-0.25, -0.2) is 0 Å². The van der Waals surface area contributed by atoms with Crippen LogP contribution in [-0.4, -0.2) is 20.4 Å². The first-order valence-electron chi connectivity index (χ1n) is 8.70. The minimum absolute atomic E-state index is 0.222. The smallest absolute Gasteiger partial charge is 0.162 e. The quantitative estimate of drug-likeness (QED) is 0.373. The fourth-order valence-corrected chi connectivity index (χ4v) is 4.03. The van der Waals surface area contributed by atoms with Gasteiger partial charge in [0.05, 0.1) is 0 Å². The number of fused-ring (bicyclic) bond motifs is 2. The van der Waals surface area contributed by atoms with Crippen molar-refractivity contribution in [1.29, 1.82) is 0 Å². The molecule has 27 heavy (non-hydrogen) atoms. The molecular formula is C23H20O4. The minimum Gasteiger partial charge on any atom is -0.504 e. The number of phenols is 4. The fraction of sp³-hybridized carbons (Fsp3) is 0.130. The van der Waals surface area contributed by atoms with Gasteiger partial charge in [-0.2, -0.15) is 0 Å². The number of aromatic hydroxyl groups is 4. The molecule has 0 unspecified atom stereocenters. The van der Waals surface area contributed by atoms with Crippen molar-refractivity contribution in [2.75, 3.05) is 0 Å². The normalized spacial score (nSPS) is 11.9. The van der Waals surface area contributed by atoms with Gasteiger partial charge in [0, 0.05) is 16.5 Å².